The summed E-state index contributed by atoms with van der Waals surface area (Å²) in [6.07, 6.45) is 0.346. The van der Waals surface area contributed by atoms with Gasteiger partial charge in [0.2, 0.25) is 5.91 Å². The van der Waals surface area contributed by atoms with E-state index in [1.807, 2.05) is 55.5 Å². The number of carbonyl (C=O) groups is 1. The molecule has 2 N–H and O–H groups in total. The quantitative estimate of drug-likeness (QED) is 0.782. The average Bonchev–Trinajstić information content (AvgIpc) is 2.57. The van der Waals surface area contributed by atoms with Gasteiger partial charge in [-0.25, -0.2) is 0 Å². The van der Waals surface area contributed by atoms with E-state index in [-0.39, 0.29) is 5.91 Å². The fourth-order valence-corrected chi connectivity index (χ4v) is 2.17. The molecule has 2 aromatic rings. The third-order valence-electron chi connectivity index (χ3n) is 3.24. The molecule has 0 unspecified atom stereocenters. The Kier molecular flexibility index (Phi) is 6.29. The minimum absolute atomic E-state index is 0.0732. The lowest BCUT2D eigenvalue weighted by atomic mass is 10.2. The molecule has 0 atom stereocenters. The van der Waals surface area contributed by atoms with Crippen LogP contribution in [0.5, 0.6) is 11.5 Å². The van der Waals surface area contributed by atoms with Gasteiger partial charge < -0.3 is 20.1 Å². The van der Waals surface area contributed by atoms with Crippen molar-refractivity contribution < 1.29 is 14.3 Å². The predicted octanol–water partition coefficient (Wildman–Crippen LogP) is 3.53. The second kappa shape index (κ2) is 8.68. The van der Waals surface area contributed by atoms with E-state index in [1.165, 1.54) is 0 Å². The number of nitrogens with one attached hydrogen (secondary N) is 2. The maximum Gasteiger partial charge on any atom is 0.226 e. The Morgan fingerprint density at radius 1 is 1.00 bits per heavy atom. The number of amides is 1. The molecular formula is C18H22N2O3. The molecule has 0 fully saturated rings. The third kappa shape index (κ3) is 4.92. The summed E-state index contributed by atoms with van der Waals surface area (Å²) in [6.45, 7) is 3.07. The molecule has 2 rings (SSSR count). The lowest BCUT2D eigenvalue weighted by Crippen LogP contribution is -2.17. The van der Waals surface area contributed by atoms with Crippen molar-refractivity contribution >= 4 is 17.3 Å². The fourth-order valence-electron chi connectivity index (χ4n) is 2.17. The van der Waals surface area contributed by atoms with Crippen LogP contribution >= 0.6 is 0 Å². The molecule has 0 aliphatic heterocycles. The normalized spacial score (nSPS) is 10.0. The number of rotatable bonds is 8. The van der Waals surface area contributed by atoms with Crippen molar-refractivity contribution in [3.63, 3.8) is 0 Å². The molecule has 0 bridgehead atoms. The van der Waals surface area contributed by atoms with Gasteiger partial charge in [-0.15, -0.1) is 0 Å². The van der Waals surface area contributed by atoms with Crippen LogP contribution in [0.3, 0.4) is 0 Å². The Morgan fingerprint density at radius 3 is 2.35 bits per heavy atom. The zero-order valence-electron chi connectivity index (χ0n) is 13.5. The van der Waals surface area contributed by atoms with Crippen molar-refractivity contribution in [2.45, 2.75) is 13.3 Å². The Balaban J connectivity index is 1.85. The number of benzene rings is 2. The van der Waals surface area contributed by atoms with Crippen LogP contribution in [-0.2, 0) is 4.79 Å². The molecule has 0 saturated carbocycles. The molecule has 0 saturated heterocycles. The third-order valence-corrected chi connectivity index (χ3v) is 3.24. The van der Waals surface area contributed by atoms with Crippen LogP contribution in [-0.4, -0.2) is 26.2 Å². The molecule has 122 valence electrons. The second-order valence-electron chi connectivity index (χ2n) is 4.85. The number of para-hydroxylation sites is 4. The largest absolute Gasteiger partial charge is 0.495 e. The van der Waals surface area contributed by atoms with Gasteiger partial charge in [0.25, 0.3) is 0 Å². The van der Waals surface area contributed by atoms with Crippen molar-refractivity contribution in [1.29, 1.82) is 0 Å². The van der Waals surface area contributed by atoms with Gasteiger partial charge in [0.05, 0.1) is 25.1 Å². The maximum absolute atomic E-state index is 12.0. The van der Waals surface area contributed by atoms with Gasteiger partial charge in [-0.05, 0) is 31.2 Å². The Morgan fingerprint density at radius 2 is 1.65 bits per heavy atom. The van der Waals surface area contributed by atoms with Crippen LogP contribution in [0.4, 0.5) is 11.4 Å². The van der Waals surface area contributed by atoms with Crippen LogP contribution in [0.1, 0.15) is 13.3 Å². The SMILES string of the molecule is CCOc1ccccc1NCCC(=O)Nc1ccccc1OC. The first-order valence-electron chi connectivity index (χ1n) is 7.63. The number of hydrogen-bond donors (Lipinski definition) is 2. The van der Waals surface area contributed by atoms with Gasteiger partial charge in [-0.2, -0.15) is 0 Å². The lowest BCUT2D eigenvalue weighted by Gasteiger charge is -2.13. The summed E-state index contributed by atoms with van der Waals surface area (Å²) in [5.74, 6) is 1.37. The van der Waals surface area contributed by atoms with E-state index in [0.717, 1.165) is 11.4 Å². The minimum atomic E-state index is -0.0732. The first-order valence-corrected chi connectivity index (χ1v) is 7.63. The summed E-state index contributed by atoms with van der Waals surface area (Å²) in [4.78, 5) is 12.0. The zero-order valence-corrected chi connectivity index (χ0v) is 13.5. The summed E-state index contributed by atoms with van der Waals surface area (Å²) >= 11 is 0. The molecule has 5 nitrogen and oxygen atoms in total. The standard InChI is InChI=1S/C18H22N2O3/c1-3-23-17-11-7-4-8-14(17)19-13-12-18(21)20-15-9-5-6-10-16(15)22-2/h4-11,19H,3,12-13H2,1-2H3,(H,20,21). The van der Waals surface area contributed by atoms with Crippen LogP contribution in [0.15, 0.2) is 48.5 Å². The van der Waals surface area contributed by atoms with Gasteiger partial charge in [-0.1, -0.05) is 24.3 Å². The Bertz CT molecular complexity index is 644. The van der Waals surface area contributed by atoms with E-state index in [2.05, 4.69) is 10.6 Å². The van der Waals surface area contributed by atoms with Crippen molar-refractivity contribution in [3.8, 4) is 11.5 Å². The topological polar surface area (TPSA) is 59.6 Å². The number of methoxy groups -OCH3 is 1. The van der Waals surface area contributed by atoms with E-state index in [0.29, 0.717) is 31.0 Å². The van der Waals surface area contributed by atoms with Crippen molar-refractivity contribution in [1.82, 2.24) is 0 Å². The number of anilines is 2. The number of hydrogen-bond acceptors (Lipinski definition) is 4. The first-order chi connectivity index (χ1) is 11.2. The smallest absolute Gasteiger partial charge is 0.226 e. The molecule has 0 aliphatic rings. The molecule has 0 spiro atoms. The molecular weight excluding hydrogens is 292 g/mol. The van der Waals surface area contributed by atoms with Crippen molar-refractivity contribution in [2.75, 3.05) is 30.9 Å². The van der Waals surface area contributed by atoms with Crippen LogP contribution in [0.25, 0.3) is 0 Å². The van der Waals surface area contributed by atoms with Crippen LogP contribution in [0, 0.1) is 0 Å². The van der Waals surface area contributed by atoms with E-state index in [4.69, 9.17) is 9.47 Å². The van der Waals surface area contributed by atoms with E-state index in [1.54, 1.807) is 7.11 Å². The van der Waals surface area contributed by atoms with Crippen molar-refractivity contribution in [2.24, 2.45) is 0 Å². The van der Waals surface area contributed by atoms with Crippen LogP contribution in [0.2, 0.25) is 0 Å². The lowest BCUT2D eigenvalue weighted by molar-refractivity contribution is -0.116. The van der Waals surface area contributed by atoms with Gasteiger partial charge >= 0.3 is 0 Å². The summed E-state index contributed by atoms with van der Waals surface area (Å²) in [7, 11) is 1.58. The molecule has 2 aromatic carbocycles. The van der Waals surface area contributed by atoms with Gasteiger partial charge in [0.15, 0.2) is 0 Å². The van der Waals surface area contributed by atoms with Crippen LogP contribution < -0.4 is 20.1 Å². The first kappa shape index (κ1) is 16.7. The highest BCUT2D eigenvalue weighted by Gasteiger charge is 2.07. The van der Waals surface area contributed by atoms with E-state index in [9.17, 15) is 4.79 Å². The monoisotopic (exact) mass is 314 g/mol. The predicted molar refractivity (Wildman–Crippen MR) is 92.3 cm³/mol. The Hall–Kier alpha value is -2.69. The highest BCUT2D eigenvalue weighted by molar-refractivity contribution is 5.92. The summed E-state index contributed by atoms with van der Waals surface area (Å²) in [6, 6.07) is 15.0. The average molecular weight is 314 g/mol. The van der Waals surface area contributed by atoms with Gasteiger partial charge in [0.1, 0.15) is 11.5 Å². The summed E-state index contributed by atoms with van der Waals surface area (Å²) in [5, 5.41) is 6.08. The van der Waals surface area contributed by atoms with Gasteiger partial charge in [0, 0.05) is 13.0 Å². The fraction of sp³-hybridized carbons (Fsp3) is 0.278. The number of carbonyl (C=O) groups excluding carboxylic acids is 1. The molecule has 0 heterocycles. The second-order valence-corrected chi connectivity index (χ2v) is 4.85. The molecule has 0 aliphatic carbocycles. The molecule has 23 heavy (non-hydrogen) atoms. The molecule has 5 heteroatoms. The summed E-state index contributed by atoms with van der Waals surface area (Å²) in [5.41, 5.74) is 1.56. The molecule has 0 radical (unpaired) electrons. The maximum atomic E-state index is 12.0. The van der Waals surface area contributed by atoms with E-state index < -0.39 is 0 Å². The van der Waals surface area contributed by atoms with Crippen molar-refractivity contribution in [3.05, 3.63) is 48.5 Å². The Labute approximate surface area is 136 Å². The highest BCUT2D eigenvalue weighted by Crippen LogP contribution is 2.24. The summed E-state index contributed by atoms with van der Waals surface area (Å²) < 4.78 is 10.8. The minimum Gasteiger partial charge on any atom is -0.495 e. The zero-order chi connectivity index (χ0) is 16.5. The number of ether oxygens (including phenoxy) is 2. The molecule has 0 aromatic heterocycles. The molecule has 1 amide bonds. The van der Waals surface area contributed by atoms with E-state index >= 15 is 0 Å². The highest BCUT2D eigenvalue weighted by atomic mass is 16.5. The van der Waals surface area contributed by atoms with Gasteiger partial charge in [-0.3, -0.25) is 4.79 Å².